The van der Waals surface area contributed by atoms with E-state index in [4.69, 9.17) is 4.74 Å². The molecule has 1 heterocycles. The fraction of sp³-hybridized carbons (Fsp3) is 0.520. The van der Waals surface area contributed by atoms with Gasteiger partial charge in [-0.3, -0.25) is 0 Å². The predicted molar refractivity (Wildman–Crippen MR) is 121 cm³/mol. The molecule has 0 N–H and O–H groups in total. The molecule has 28 heavy (non-hydrogen) atoms. The third-order valence-corrected chi connectivity index (χ3v) is 5.73. The van der Waals surface area contributed by atoms with Crippen LogP contribution in [0, 0.1) is 41.5 Å². The van der Waals surface area contributed by atoms with E-state index in [1.54, 1.807) is 0 Å². The van der Waals surface area contributed by atoms with Gasteiger partial charge in [-0.15, -0.1) is 0 Å². The Labute approximate surface area is 171 Å². The van der Waals surface area contributed by atoms with E-state index in [9.17, 15) is 0 Å². The number of aryl methyl sites for hydroxylation is 6. The number of rotatable bonds is 6. The fourth-order valence-corrected chi connectivity index (χ4v) is 4.81. The van der Waals surface area contributed by atoms with Gasteiger partial charge in [0.1, 0.15) is 0 Å². The van der Waals surface area contributed by atoms with Crippen molar-refractivity contribution in [2.45, 2.75) is 67.7 Å². The number of unbranched alkanes of at least 4 members (excludes halogenated alkanes) is 1. The van der Waals surface area contributed by atoms with Gasteiger partial charge in [-0.05, 0) is 70.2 Å². The summed E-state index contributed by atoms with van der Waals surface area (Å²) in [5, 5.41) is 0. The highest BCUT2D eigenvalue weighted by molar-refractivity contribution is 5.67. The summed E-state index contributed by atoms with van der Waals surface area (Å²) in [6, 6.07) is 9.15. The smallest absolute Gasteiger partial charge is 0.210 e. The highest BCUT2D eigenvalue weighted by Gasteiger charge is 2.35. The van der Waals surface area contributed by atoms with E-state index in [2.05, 4.69) is 82.5 Å². The highest BCUT2D eigenvalue weighted by atomic mass is 16.5. The molecule has 3 rings (SSSR count). The van der Waals surface area contributed by atoms with Crippen molar-refractivity contribution in [3.63, 3.8) is 0 Å². The van der Waals surface area contributed by atoms with Crippen molar-refractivity contribution >= 4 is 11.4 Å². The molecule has 0 aromatic heterocycles. The lowest BCUT2D eigenvalue weighted by molar-refractivity contribution is 0.0605. The molecule has 0 radical (unpaired) electrons. The molecule has 1 fully saturated rings. The van der Waals surface area contributed by atoms with E-state index >= 15 is 0 Å². The topological polar surface area (TPSA) is 15.7 Å². The van der Waals surface area contributed by atoms with Crippen molar-refractivity contribution in [1.82, 2.24) is 0 Å². The number of benzene rings is 2. The molecule has 3 nitrogen and oxygen atoms in total. The van der Waals surface area contributed by atoms with Crippen LogP contribution in [-0.2, 0) is 4.74 Å². The Morgan fingerprint density at radius 1 is 0.750 bits per heavy atom. The van der Waals surface area contributed by atoms with E-state index in [1.807, 2.05) is 0 Å². The predicted octanol–water partition coefficient (Wildman–Crippen LogP) is 5.96. The molecule has 152 valence electrons. The first kappa shape index (κ1) is 20.7. The van der Waals surface area contributed by atoms with E-state index in [0.29, 0.717) is 0 Å². The van der Waals surface area contributed by atoms with Gasteiger partial charge in [-0.2, -0.15) is 0 Å². The fourth-order valence-electron chi connectivity index (χ4n) is 4.81. The summed E-state index contributed by atoms with van der Waals surface area (Å²) in [5.41, 5.74) is 10.6. The number of hydrogen-bond acceptors (Lipinski definition) is 3. The molecule has 2 aromatic rings. The lowest BCUT2D eigenvalue weighted by Crippen LogP contribution is -2.42. The van der Waals surface area contributed by atoms with Crippen LogP contribution in [0.1, 0.15) is 53.1 Å². The van der Waals surface area contributed by atoms with Crippen LogP contribution in [0.5, 0.6) is 0 Å². The number of anilines is 2. The van der Waals surface area contributed by atoms with Crippen molar-refractivity contribution in [2.75, 3.05) is 29.5 Å². The zero-order valence-electron chi connectivity index (χ0n) is 18.7. The van der Waals surface area contributed by atoms with E-state index in [0.717, 1.165) is 32.5 Å². The Balaban J connectivity index is 2.02. The normalized spacial score (nSPS) is 15.0. The van der Waals surface area contributed by atoms with Crippen LogP contribution in [0.25, 0.3) is 0 Å². The summed E-state index contributed by atoms with van der Waals surface area (Å²) in [6.07, 6.45) is 2.19. The lowest BCUT2D eigenvalue weighted by atomic mass is 10.0. The van der Waals surface area contributed by atoms with Gasteiger partial charge in [0.05, 0.1) is 6.61 Å². The third kappa shape index (κ3) is 4.05. The van der Waals surface area contributed by atoms with Gasteiger partial charge in [0.25, 0.3) is 0 Å². The SMILES string of the molecule is CCCCOC1N(c2c(C)cc(C)cc2C)CCN1c1c(C)cc(C)cc1C. The molecule has 0 amide bonds. The van der Waals surface area contributed by atoms with Crippen LogP contribution in [0.2, 0.25) is 0 Å². The molecular formula is C25H36N2O. The van der Waals surface area contributed by atoms with Crippen LogP contribution in [-0.4, -0.2) is 26.0 Å². The second-order valence-corrected chi connectivity index (χ2v) is 8.43. The van der Waals surface area contributed by atoms with Gasteiger partial charge in [-0.25, -0.2) is 0 Å². The maximum atomic E-state index is 6.51. The second-order valence-electron chi connectivity index (χ2n) is 8.43. The number of hydrogen-bond donors (Lipinski definition) is 0. The monoisotopic (exact) mass is 380 g/mol. The molecular weight excluding hydrogens is 344 g/mol. The maximum absolute atomic E-state index is 6.51. The van der Waals surface area contributed by atoms with Gasteiger partial charge >= 0.3 is 0 Å². The Morgan fingerprint density at radius 2 is 1.14 bits per heavy atom. The zero-order valence-corrected chi connectivity index (χ0v) is 18.7. The molecule has 3 heteroatoms. The Bertz CT molecular complexity index is 731. The average molecular weight is 381 g/mol. The molecule has 0 saturated carbocycles. The lowest BCUT2D eigenvalue weighted by Gasteiger charge is -2.35. The summed E-state index contributed by atoms with van der Waals surface area (Å²) in [4.78, 5) is 4.94. The molecule has 1 aliphatic rings. The largest absolute Gasteiger partial charge is 0.340 e. The van der Waals surface area contributed by atoms with Crippen LogP contribution >= 0.6 is 0 Å². The van der Waals surface area contributed by atoms with E-state index in [-0.39, 0.29) is 6.35 Å². The molecule has 2 aromatic carbocycles. The minimum absolute atomic E-state index is 0.0493. The van der Waals surface area contributed by atoms with Gasteiger partial charge < -0.3 is 14.5 Å². The van der Waals surface area contributed by atoms with Crippen molar-refractivity contribution < 1.29 is 4.74 Å². The molecule has 0 atom stereocenters. The summed E-state index contributed by atoms with van der Waals surface area (Å²) < 4.78 is 6.51. The van der Waals surface area contributed by atoms with Gasteiger partial charge in [0.2, 0.25) is 6.35 Å². The molecule has 1 aliphatic heterocycles. The average Bonchev–Trinajstić information content (AvgIpc) is 2.97. The van der Waals surface area contributed by atoms with Crippen LogP contribution in [0.4, 0.5) is 11.4 Å². The Hall–Kier alpha value is -2.00. The minimum Gasteiger partial charge on any atom is -0.340 e. The highest BCUT2D eigenvalue weighted by Crippen LogP contribution is 2.36. The summed E-state index contributed by atoms with van der Waals surface area (Å²) in [6.45, 7) is 18.2. The van der Waals surface area contributed by atoms with Crippen LogP contribution < -0.4 is 9.80 Å². The summed E-state index contributed by atoms with van der Waals surface area (Å²) in [5.74, 6) is 0. The zero-order chi connectivity index (χ0) is 20.4. The molecule has 0 unspecified atom stereocenters. The number of ether oxygens (including phenoxy) is 1. The van der Waals surface area contributed by atoms with Crippen LogP contribution in [0.15, 0.2) is 24.3 Å². The Morgan fingerprint density at radius 3 is 1.50 bits per heavy atom. The van der Waals surface area contributed by atoms with Gasteiger partial charge in [-0.1, -0.05) is 48.7 Å². The maximum Gasteiger partial charge on any atom is 0.210 e. The van der Waals surface area contributed by atoms with Gasteiger partial charge in [0.15, 0.2) is 0 Å². The first-order chi connectivity index (χ1) is 13.3. The van der Waals surface area contributed by atoms with Crippen molar-refractivity contribution in [3.8, 4) is 0 Å². The molecule has 0 bridgehead atoms. The van der Waals surface area contributed by atoms with Crippen LogP contribution in [0.3, 0.4) is 0 Å². The first-order valence-electron chi connectivity index (χ1n) is 10.6. The van der Waals surface area contributed by atoms with Crippen molar-refractivity contribution in [3.05, 3.63) is 57.6 Å². The van der Waals surface area contributed by atoms with Crippen molar-refractivity contribution in [1.29, 1.82) is 0 Å². The third-order valence-electron chi connectivity index (χ3n) is 5.73. The van der Waals surface area contributed by atoms with E-state index in [1.165, 1.54) is 44.8 Å². The van der Waals surface area contributed by atoms with E-state index < -0.39 is 0 Å². The Kier molecular flexibility index (Phi) is 6.34. The first-order valence-corrected chi connectivity index (χ1v) is 10.6. The quantitative estimate of drug-likeness (QED) is 0.575. The van der Waals surface area contributed by atoms with Gasteiger partial charge in [0, 0.05) is 24.5 Å². The molecule has 1 saturated heterocycles. The molecule has 0 aliphatic carbocycles. The summed E-state index contributed by atoms with van der Waals surface area (Å²) in [7, 11) is 0. The second kappa shape index (κ2) is 8.57. The standard InChI is InChI=1S/C25H36N2O/c1-8-9-12-28-25-26(23-19(4)13-17(2)14-20(23)5)10-11-27(25)24-21(6)15-18(3)16-22(24)7/h13-16,25H,8-12H2,1-7H3. The molecule has 0 spiro atoms. The summed E-state index contributed by atoms with van der Waals surface area (Å²) >= 11 is 0. The number of nitrogens with zero attached hydrogens (tertiary/aromatic N) is 2. The van der Waals surface area contributed by atoms with Crippen molar-refractivity contribution in [2.24, 2.45) is 0 Å². The minimum atomic E-state index is -0.0493.